The zero-order valence-corrected chi connectivity index (χ0v) is 22.1. The lowest BCUT2D eigenvalue weighted by atomic mass is 10.2. The second-order valence-electron chi connectivity index (χ2n) is 9.00. The highest BCUT2D eigenvalue weighted by Crippen LogP contribution is 2.35. The van der Waals surface area contributed by atoms with Gasteiger partial charge < -0.3 is 33.7 Å². The van der Waals surface area contributed by atoms with Crippen LogP contribution in [0.4, 0.5) is 11.5 Å². The Hall–Kier alpha value is -3.92. The van der Waals surface area contributed by atoms with Gasteiger partial charge in [-0.2, -0.15) is 0 Å². The molecule has 9 heteroatoms. The molecule has 0 unspecified atom stereocenters. The third-order valence-corrected chi connectivity index (χ3v) is 6.06. The van der Waals surface area contributed by atoms with E-state index in [9.17, 15) is 0 Å². The van der Waals surface area contributed by atoms with Gasteiger partial charge in [0.2, 0.25) is 0 Å². The molecule has 204 valence electrons. The first-order valence-corrected chi connectivity index (χ1v) is 13.1. The van der Waals surface area contributed by atoms with Crippen molar-refractivity contribution in [2.45, 2.75) is 13.5 Å². The number of ether oxygens (including phenoxy) is 6. The van der Waals surface area contributed by atoms with Crippen LogP contribution in [-0.2, 0) is 20.8 Å². The van der Waals surface area contributed by atoms with Gasteiger partial charge in [-0.1, -0.05) is 29.8 Å². The minimum absolute atomic E-state index is 0.374. The van der Waals surface area contributed by atoms with Gasteiger partial charge in [0.05, 0.1) is 45.2 Å². The molecule has 2 heterocycles. The molecule has 0 aliphatic carbocycles. The molecule has 1 aromatic heterocycles. The summed E-state index contributed by atoms with van der Waals surface area (Å²) >= 11 is 0. The molecule has 4 aromatic rings. The topological polar surface area (TPSA) is 93.2 Å². The number of fused-ring (bicyclic) bond motifs is 2. The van der Waals surface area contributed by atoms with Gasteiger partial charge in [-0.05, 0) is 42.8 Å². The van der Waals surface area contributed by atoms with Gasteiger partial charge in [0.25, 0.3) is 0 Å². The third kappa shape index (κ3) is 7.79. The summed E-state index contributed by atoms with van der Waals surface area (Å²) < 4.78 is 34.6. The number of aryl methyl sites for hydroxylation is 1. The summed E-state index contributed by atoms with van der Waals surface area (Å²) in [6, 6.07) is 19.9. The Morgan fingerprint density at radius 3 is 2.00 bits per heavy atom. The maximum atomic E-state index is 6.03. The molecule has 0 saturated carbocycles. The summed E-state index contributed by atoms with van der Waals surface area (Å²) in [5.41, 5.74) is 3.97. The van der Waals surface area contributed by atoms with Crippen molar-refractivity contribution >= 4 is 22.4 Å². The predicted molar refractivity (Wildman–Crippen MR) is 148 cm³/mol. The number of hydrogen-bond donors (Lipinski definition) is 1. The summed E-state index contributed by atoms with van der Waals surface area (Å²) in [6.07, 6.45) is 1.53. The fourth-order valence-corrected chi connectivity index (χ4v) is 3.97. The maximum absolute atomic E-state index is 6.03. The number of aromatic nitrogens is 2. The first kappa shape index (κ1) is 26.7. The van der Waals surface area contributed by atoms with Gasteiger partial charge in [0.15, 0.2) is 11.5 Å². The van der Waals surface area contributed by atoms with Gasteiger partial charge in [-0.25, -0.2) is 9.97 Å². The van der Waals surface area contributed by atoms with Crippen molar-refractivity contribution < 1.29 is 28.4 Å². The van der Waals surface area contributed by atoms with E-state index in [4.69, 9.17) is 28.4 Å². The normalized spacial score (nSPS) is 15.2. The highest BCUT2D eigenvalue weighted by atomic mass is 16.6. The second-order valence-corrected chi connectivity index (χ2v) is 9.00. The van der Waals surface area contributed by atoms with E-state index in [-0.39, 0.29) is 0 Å². The number of nitrogens with one attached hydrogen (secondary N) is 1. The number of hydrogen-bond acceptors (Lipinski definition) is 9. The standard InChI is InChI=1S/C30H33N3O6/c1-22-2-4-23(5-3-22)20-39-25-8-6-24(7-9-25)33-30-26-18-28-29(19-27(26)31-21-32-30)38-17-15-36-13-11-34-10-12-35-14-16-37-28/h2-9,18-19,21H,10-17,20H2,1H3,(H,31,32,33). The van der Waals surface area contributed by atoms with Crippen LogP contribution in [0.5, 0.6) is 17.2 Å². The zero-order valence-electron chi connectivity index (χ0n) is 22.1. The Morgan fingerprint density at radius 2 is 1.33 bits per heavy atom. The van der Waals surface area contributed by atoms with Gasteiger partial charge in [0, 0.05) is 17.1 Å². The smallest absolute Gasteiger partial charge is 0.163 e. The van der Waals surface area contributed by atoms with Crippen LogP contribution in [0.25, 0.3) is 10.9 Å². The molecule has 1 aliphatic rings. The Bertz CT molecular complexity index is 1330. The van der Waals surface area contributed by atoms with E-state index in [2.05, 4.69) is 46.5 Å². The van der Waals surface area contributed by atoms with Crippen LogP contribution in [0, 0.1) is 6.92 Å². The van der Waals surface area contributed by atoms with E-state index in [0.29, 0.717) is 76.8 Å². The molecular formula is C30H33N3O6. The first-order chi connectivity index (χ1) is 19.2. The molecule has 0 atom stereocenters. The van der Waals surface area contributed by atoms with Gasteiger partial charge in [-0.15, -0.1) is 0 Å². The largest absolute Gasteiger partial charge is 0.489 e. The summed E-state index contributed by atoms with van der Waals surface area (Å²) in [5.74, 6) is 2.64. The molecule has 9 nitrogen and oxygen atoms in total. The SMILES string of the molecule is Cc1ccc(COc2ccc(Nc3ncnc4cc5c(cc34)OCCOCCOCCOCCO5)cc2)cc1. The van der Waals surface area contributed by atoms with Crippen molar-refractivity contribution in [2.24, 2.45) is 0 Å². The van der Waals surface area contributed by atoms with Crippen LogP contribution in [0.2, 0.25) is 0 Å². The minimum Gasteiger partial charge on any atom is -0.489 e. The van der Waals surface area contributed by atoms with E-state index < -0.39 is 0 Å². The average Bonchev–Trinajstić information content (AvgIpc) is 2.97. The van der Waals surface area contributed by atoms with Crippen LogP contribution < -0.4 is 19.5 Å². The fraction of sp³-hybridized carbons (Fsp3) is 0.333. The van der Waals surface area contributed by atoms with Crippen molar-refractivity contribution in [1.29, 1.82) is 0 Å². The first-order valence-electron chi connectivity index (χ1n) is 13.1. The Labute approximate surface area is 228 Å². The quantitative estimate of drug-likeness (QED) is 0.378. The monoisotopic (exact) mass is 531 g/mol. The number of nitrogens with zero attached hydrogens (tertiary/aromatic N) is 2. The second kappa shape index (κ2) is 13.7. The van der Waals surface area contributed by atoms with Crippen LogP contribution in [0.3, 0.4) is 0 Å². The van der Waals surface area contributed by atoms with Gasteiger partial charge in [0.1, 0.15) is 37.7 Å². The lowest BCUT2D eigenvalue weighted by Gasteiger charge is -2.15. The molecular weight excluding hydrogens is 498 g/mol. The van der Waals surface area contributed by atoms with Gasteiger partial charge in [-0.3, -0.25) is 0 Å². The van der Waals surface area contributed by atoms with Crippen molar-refractivity contribution in [2.75, 3.05) is 58.2 Å². The molecule has 39 heavy (non-hydrogen) atoms. The van der Waals surface area contributed by atoms with E-state index in [1.54, 1.807) is 0 Å². The van der Waals surface area contributed by atoms with Crippen LogP contribution in [0.15, 0.2) is 67.0 Å². The summed E-state index contributed by atoms with van der Waals surface area (Å²) in [6.45, 7) is 6.28. The van der Waals surface area contributed by atoms with Crippen LogP contribution in [-0.4, -0.2) is 62.8 Å². The lowest BCUT2D eigenvalue weighted by Crippen LogP contribution is -2.13. The molecule has 1 N–H and O–H groups in total. The van der Waals surface area contributed by atoms with Crippen molar-refractivity contribution in [3.8, 4) is 17.2 Å². The highest BCUT2D eigenvalue weighted by molar-refractivity contribution is 5.93. The molecule has 5 rings (SSSR count). The molecule has 0 amide bonds. The van der Waals surface area contributed by atoms with E-state index in [1.165, 1.54) is 11.9 Å². The Morgan fingerprint density at radius 1 is 0.718 bits per heavy atom. The highest BCUT2D eigenvalue weighted by Gasteiger charge is 2.13. The molecule has 0 radical (unpaired) electrons. The minimum atomic E-state index is 0.374. The lowest BCUT2D eigenvalue weighted by molar-refractivity contribution is 0.00708. The molecule has 0 saturated heterocycles. The molecule has 1 aliphatic heterocycles. The van der Waals surface area contributed by atoms with Gasteiger partial charge >= 0.3 is 0 Å². The predicted octanol–water partition coefficient (Wildman–Crippen LogP) is 5.08. The number of rotatable bonds is 5. The molecule has 0 fully saturated rings. The molecule has 0 spiro atoms. The summed E-state index contributed by atoms with van der Waals surface area (Å²) in [4.78, 5) is 8.94. The average molecular weight is 532 g/mol. The maximum Gasteiger partial charge on any atom is 0.163 e. The van der Waals surface area contributed by atoms with Crippen molar-refractivity contribution in [3.05, 3.63) is 78.1 Å². The van der Waals surface area contributed by atoms with E-state index in [0.717, 1.165) is 27.9 Å². The molecule has 0 bridgehead atoms. The van der Waals surface area contributed by atoms with Crippen LogP contribution >= 0.6 is 0 Å². The summed E-state index contributed by atoms with van der Waals surface area (Å²) in [5, 5.41) is 4.20. The zero-order chi connectivity index (χ0) is 26.7. The Balaban J connectivity index is 1.29. The van der Waals surface area contributed by atoms with E-state index in [1.807, 2.05) is 36.4 Å². The summed E-state index contributed by atoms with van der Waals surface area (Å²) in [7, 11) is 0. The van der Waals surface area contributed by atoms with Crippen LogP contribution in [0.1, 0.15) is 11.1 Å². The fourth-order valence-electron chi connectivity index (χ4n) is 3.97. The number of anilines is 2. The number of benzene rings is 3. The third-order valence-electron chi connectivity index (χ3n) is 6.06. The van der Waals surface area contributed by atoms with E-state index >= 15 is 0 Å². The Kier molecular flexibility index (Phi) is 9.41. The van der Waals surface area contributed by atoms with Crippen molar-refractivity contribution in [3.63, 3.8) is 0 Å². The van der Waals surface area contributed by atoms with Crippen molar-refractivity contribution in [1.82, 2.24) is 9.97 Å². The molecule has 3 aromatic carbocycles.